The third-order valence-electron chi connectivity index (χ3n) is 4.89. The Morgan fingerprint density at radius 1 is 1.23 bits per heavy atom. The Balaban J connectivity index is 1.83. The van der Waals surface area contributed by atoms with E-state index < -0.39 is 0 Å². The summed E-state index contributed by atoms with van der Waals surface area (Å²) in [6, 6.07) is 6.91. The van der Waals surface area contributed by atoms with Gasteiger partial charge in [0.15, 0.2) is 11.5 Å². The van der Waals surface area contributed by atoms with Crippen molar-refractivity contribution in [2.24, 2.45) is 5.73 Å². The zero-order valence-corrected chi connectivity index (χ0v) is 13.6. The van der Waals surface area contributed by atoms with Gasteiger partial charge in [-0.15, -0.1) is 0 Å². The molecule has 2 aliphatic rings. The number of nitrogens with zero attached hydrogens (tertiary/aromatic N) is 1. The SMILES string of the molecule is CCCN1CCCCC1C(CN)c1ccc2c(c1)OCCO2. The molecule has 4 heteroatoms. The first-order valence-corrected chi connectivity index (χ1v) is 8.67. The molecular formula is C18H28N2O2. The minimum atomic E-state index is 0.377. The standard InChI is InChI=1S/C18H28N2O2/c1-2-8-20-9-4-3-5-16(20)15(13-19)14-6-7-17-18(12-14)22-11-10-21-17/h6-7,12,15-16H,2-5,8-11,13,19H2,1H3. The van der Waals surface area contributed by atoms with Crippen molar-refractivity contribution in [2.45, 2.75) is 44.6 Å². The highest BCUT2D eigenvalue weighted by Gasteiger charge is 2.30. The van der Waals surface area contributed by atoms with E-state index in [1.165, 1.54) is 44.3 Å². The van der Waals surface area contributed by atoms with Crippen molar-refractivity contribution in [3.8, 4) is 11.5 Å². The van der Waals surface area contributed by atoms with Crippen molar-refractivity contribution in [3.05, 3.63) is 23.8 Å². The van der Waals surface area contributed by atoms with E-state index in [0.29, 0.717) is 31.7 Å². The van der Waals surface area contributed by atoms with Gasteiger partial charge in [-0.3, -0.25) is 4.90 Å². The summed E-state index contributed by atoms with van der Waals surface area (Å²) in [4.78, 5) is 2.64. The fraction of sp³-hybridized carbons (Fsp3) is 0.667. The average molecular weight is 304 g/mol. The molecule has 2 N–H and O–H groups in total. The van der Waals surface area contributed by atoms with E-state index in [4.69, 9.17) is 15.2 Å². The Morgan fingerprint density at radius 3 is 2.82 bits per heavy atom. The van der Waals surface area contributed by atoms with Gasteiger partial charge in [-0.1, -0.05) is 19.4 Å². The van der Waals surface area contributed by atoms with E-state index in [0.717, 1.165) is 11.5 Å². The minimum Gasteiger partial charge on any atom is -0.486 e. The molecule has 1 fully saturated rings. The van der Waals surface area contributed by atoms with Crippen LogP contribution in [0.4, 0.5) is 0 Å². The molecule has 0 aromatic heterocycles. The summed E-state index contributed by atoms with van der Waals surface area (Å²) >= 11 is 0. The van der Waals surface area contributed by atoms with Crippen LogP contribution in [0.2, 0.25) is 0 Å². The molecule has 2 aliphatic heterocycles. The number of hydrogen-bond acceptors (Lipinski definition) is 4. The van der Waals surface area contributed by atoms with Crippen LogP contribution in [0, 0.1) is 0 Å². The van der Waals surface area contributed by atoms with Gasteiger partial charge in [-0.05, 0) is 50.0 Å². The predicted molar refractivity (Wildman–Crippen MR) is 88.7 cm³/mol. The predicted octanol–water partition coefficient (Wildman–Crippen LogP) is 2.76. The molecule has 2 atom stereocenters. The highest BCUT2D eigenvalue weighted by molar-refractivity contribution is 5.45. The number of fused-ring (bicyclic) bond motifs is 1. The number of rotatable bonds is 5. The fourth-order valence-electron chi connectivity index (χ4n) is 3.84. The van der Waals surface area contributed by atoms with Crippen LogP contribution in [0.3, 0.4) is 0 Å². The number of hydrogen-bond donors (Lipinski definition) is 1. The molecule has 0 radical (unpaired) electrons. The summed E-state index contributed by atoms with van der Waals surface area (Å²) in [5.41, 5.74) is 7.46. The molecule has 4 nitrogen and oxygen atoms in total. The van der Waals surface area contributed by atoms with E-state index >= 15 is 0 Å². The summed E-state index contributed by atoms with van der Waals surface area (Å²) < 4.78 is 11.4. The zero-order chi connectivity index (χ0) is 15.4. The number of piperidine rings is 1. The largest absolute Gasteiger partial charge is 0.486 e. The molecule has 1 aromatic carbocycles. The van der Waals surface area contributed by atoms with Crippen LogP contribution in [0.1, 0.15) is 44.1 Å². The van der Waals surface area contributed by atoms with Gasteiger partial charge in [-0.2, -0.15) is 0 Å². The third-order valence-corrected chi connectivity index (χ3v) is 4.89. The summed E-state index contributed by atoms with van der Waals surface area (Å²) in [7, 11) is 0. The second-order valence-electron chi connectivity index (χ2n) is 6.34. The van der Waals surface area contributed by atoms with Gasteiger partial charge in [0, 0.05) is 18.5 Å². The maximum absolute atomic E-state index is 6.17. The smallest absolute Gasteiger partial charge is 0.161 e. The van der Waals surface area contributed by atoms with Gasteiger partial charge < -0.3 is 15.2 Å². The molecule has 2 unspecified atom stereocenters. The lowest BCUT2D eigenvalue weighted by Gasteiger charge is -2.40. The second-order valence-corrected chi connectivity index (χ2v) is 6.34. The summed E-state index contributed by atoms with van der Waals surface area (Å²) in [5.74, 6) is 2.11. The van der Waals surface area contributed by atoms with Crippen LogP contribution >= 0.6 is 0 Å². The first kappa shape index (κ1) is 15.6. The van der Waals surface area contributed by atoms with Gasteiger partial charge >= 0.3 is 0 Å². The number of benzene rings is 1. The highest BCUT2D eigenvalue weighted by Crippen LogP contribution is 2.36. The molecule has 1 aromatic rings. The quantitative estimate of drug-likeness (QED) is 0.908. The Morgan fingerprint density at radius 2 is 2.05 bits per heavy atom. The highest BCUT2D eigenvalue weighted by atomic mass is 16.6. The lowest BCUT2D eigenvalue weighted by Crippen LogP contribution is -2.45. The van der Waals surface area contributed by atoms with Crippen LogP contribution in [0.5, 0.6) is 11.5 Å². The topological polar surface area (TPSA) is 47.7 Å². The van der Waals surface area contributed by atoms with Crippen molar-refractivity contribution >= 4 is 0 Å². The molecule has 2 heterocycles. The van der Waals surface area contributed by atoms with E-state index in [9.17, 15) is 0 Å². The summed E-state index contributed by atoms with van der Waals surface area (Å²) in [5, 5.41) is 0. The van der Waals surface area contributed by atoms with Crippen molar-refractivity contribution in [3.63, 3.8) is 0 Å². The van der Waals surface area contributed by atoms with Crippen LogP contribution in [0.15, 0.2) is 18.2 Å². The van der Waals surface area contributed by atoms with Crippen molar-refractivity contribution in [1.29, 1.82) is 0 Å². The Hall–Kier alpha value is -1.26. The van der Waals surface area contributed by atoms with Crippen LogP contribution in [0.25, 0.3) is 0 Å². The number of ether oxygens (including phenoxy) is 2. The van der Waals surface area contributed by atoms with Crippen molar-refractivity contribution in [1.82, 2.24) is 4.90 Å². The van der Waals surface area contributed by atoms with E-state index in [1.807, 2.05) is 6.07 Å². The van der Waals surface area contributed by atoms with E-state index in [-0.39, 0.29) is 0 Å². The van der Waals surface area contributed by atoms with Gasteiger partial charge in [-0.25, -0.2) is 0 Å². The normalized spacial score (nSPS) is 23.3. The first-order valence-electron chi connectivity index (χ1n) is 8.67. The molecule has 22 heavy (non-hydrogen) atoms. The van der Waals surface area contributed by atoms with Gasteiger partial charge in [0.25, 0.3) is 0 Å². The van der Waals surface area contributed by atoms with Crippen LogP contribution in [-0.4, -0.2) is 43.8 Å². The van der Waals surface area contributed by atoms with Crippen LogP contribution < -0.4 is 15.2 Å². The van der Waals surface area contributed by atoms with Crippen molar-refractivity contribution in [2.75, 3.05) is 32.8 Å². The molecule has 0 amide bonds. The van der Waals surface area contributed by atoms with Crippen LogP contribution in [-0.2, 0) is 0 Å². The number of likely N-dealkylation sites (tertiary alicyclic amines) is 1. The maximum atomic E-state index is 6.17. The zero-order valence-electron chi connectivity index (χ0n) is 13.6. The third kappa shape index (κ3) is 3.23. The Bertz CT molecular complexity index is 490. The maximum Gasteiger partial charge on any atom is 0.161 e. The molecule has 122 valence electrons. The summed E-state index contributed by atoms with van der Waals surface area (Å²) in [6.07, 6.45) is 5.08. The Labute approximate surface area is 133 Å². The average Bonchev–Trinajstić information content (AvgIpc) is 2.57. The molecule has 1 saturated heterocycles. The lowest BCUT2D eigenvalue weighted by atomic mass is 9.85. The molecule has 0 aliphatic carbocycles. The Kier molecular flexibility index (Phi) is 5.21. The van der Waals surface area contributed by atoms with E-state index in [2.05, 4.69) is 24.0 Å². The monoisotopic (exact) mass is 304 g/mol. The molecule has 0 bridgehead atoms. The van der Waals surface area contributed by atoms with Gasteiger partial charge in [0.2, 0.25) is 0 Å². The van der Waals surface area contributed by atoms with E-state index in [1.54, 1.807) is 0 Å². The minimum absolute atomic E-state index is 0.377. The summed E-state index contributed by atoms with van der Waals surface area (Å²) in [6.45, 7) is 6.59. The molecule has 3 rings (SSSR count). The fourth-order valence-corrected chi connectivity index (χ4v) is 3.84. The molecule has 0 spiro atoms. The lowest BCUT2D eigenvalue weighted by molar-refractivity contribution is 0.126. The van der Waals surface area contributed by atoms with Gasteiger partial charge in [0.1, 0.15) is 13.2 Å². The van der Waals surface area contributed by atoms with Crippen molar-refractivity contribution < 1.29 is 9.47 Å². The second kappa shape index (κ2) is 7.34. The molecule has 0 saturated carbocycles. The van der Waals surface area contributed by atoms with Gasteiger partial charge in [0.05, 0.1) is 0 Å². The number of nitrogens with two attached hydrogens (primary N) is 1. The first-order chi connectivity index (χ1) is 10.8. The molecular weight excluding hydrogens is 276 g/mol.